The number of rotatable bonds is 8. The highest BCUT2D eigenvalue weighted by molar-refractivity contribution is 6.67. The molecule has 2 rings (SSSR count). The Balaban J connectivity index is 1.87. The molecule has 0 heterocycles. The molecule has 0 radical (unpaired) electrons. The van der Waals surface area contributed by atoms with E-state index in [2.05, 4.69) is 0 Å². The lowest BCUT2D eigenvalue weighted by atomic mass is 10.1. The van der Waals surface area contributed by atoms with Crippen LogP contribution < -0.4 is 11.5 Å². The van der Waals surface area contributed by atoms with Crippen LogP contribution in [0.5, 0.6) is 0 Å². The molecule has 27 heavy (non-hydrogen) atoms. The molecule has 0 fully saturated rings. The van der Waals surface area contributed by atoms with E-state index in [1.54, 1.807) is 13.1 Å². The van der Waals surface area contributed by atoms with E-state index < -0.39 is 32.6 Å². The van der Waals surface area contributed by atoms with Gasteiger partial charge in [0.25, 0.3) is 0 Å². The van der Waals surface area contributed by atoms with E-state index in [4.69, 9.17) is 20.3 Å². The number of carbonyl (C=O) groups excluding carboxylic acids is 2. The summed E-state index contributed by atoms with van der Waals surface area (Å²) in [7, 11) is -3.05. The fraction of sp³-hybridized carbons (Fsp3) is 0.300. The van der Waals surface area contributed by atoms with E-state index >= 15 is 0 Å². The third-order valence-electron chi connectivity index (χ3n) is 3.90. The minimum Gasteiger partial charge on any atom is -0.484 e. The van der Waals surface area contributed by atoms with Crippen molar-refractivity contribution >= 4 is 20.5 Å². The zero-order valence-electron chi connectivity index (χ0n) is 15.6. The average molecular weight is 387 g/mol. The summed E-state index contributed by atoms with van der Waals surface area (Å²) in [6.07, 6.45) is 0.706. The zero-order chi connectivity index (χ0) is 19.9. The highest BCUT2D eigenvalue weighted by Gasteiger charge is 2.36. The molecule has 4 N–H and O–H groups in total. The van der Waals surface area contributed by atoms with Gasteiger partial charge in [-0.05, 0) is 24.0 Å². The van der Waals surface area contributed by atoms with Gasteiger partial charge in [-0.15, -0.1) is 0 Å². The van der Waals surface area contributed by atoms with Crippen LogP contribution in [0.2, 0.25) is 13.1 Å². The van der Waals surface area contributed by atoms with Crippen molar-refractivity contribution in [2.75, 3.05) is 0 Å². The molecule has 0 aliphatic carbocycles. The topological polar surface area (TPSA) is 105 Å². The minimum absolute atomic E-state index is 0.353. The van der Waals surface area contributed by atoms with Crippen LogP contribution in [-0.2, 0) is 31.3 Å². The Labute approximate surface area is 160 Å². The van der Waals surface area contributed by atoms with Crippen molar-refractivity contribution in [2.24, 2.45) is 11.5 Å². The SMILES string of the molecule is C[Si](C)(OC(=O)[C@H](N)Cc1ccccc1)OC(=O)[C@H](N)Cc1ccccc1. The average Bonchev–Trinajstić information content (AvgIpc) is 2.62. The van der Waals surface area contributed by atoms with Gasteiger partial charge in [-0.2, -0.15) is 0 Å². The van der Waals surface area contributed by atoms with Crippen LogP contribution in [-0.4, -0.2) is 32.6 Å². The molecular formula is C20H26N2O4Si. The van der Waals surface area contributed by atoms with Gasteiger partial charge in [0, 0.05) is 13.1 Å². The highest BCUT2D eigenvalue weighted by atomic mass is 28.4. The molecular weight excluding hydrogens is 360 g/mol. The molecule has 0 aliphatic rings. The summed E-state index contributed by atoms with van der Waals surface area (Å²) in [5.74, 6) is -1.17. The first-order chi connectivity index (χ1) is 12.8. The maximum Gasteiger partial charge on any atom is 0.457 e. The van der Waals surface area contributed by atoms with Gasteiger partial charge in [0.05, 0.1) is 0 Å². The summed E-state index contributed by atoms with van der Waals surface area (Å²) in [6, 6.07) is 17.2. The molecule has 0 amide bonds. The summed E-state index contributed by atoms with van der Waals surface area (Å²) >= 11 is 0. The van der Waals surface area contributed by atoms with E-state index in [1.165, 1.54) is 0 Å². The second kappa shape index (κ2) is 9.45. The molecule has 144 valence electrons. The maximum absolute atomic E-state index is 12.3. The summed E-state index contributed by atoms with van der Waals surface area (Å²) in [5.41, 5.74) is 13.7. The molecule has 2 aromatic carbocycles. The van der Waals surface area contributed by atoms with Gasteiger partial charge < -0.3 is 20.3 Å². The number of benzene rings is 2. The Hall–Kier alpha value is -2.48. The zero-order valence-corrected chi connectivity index (χ0v) is 16.6. The number of nitrogens with two attached hydrogens (primary N) is 2. The highest BCUT2D eigenvalue weighted by Crippen LogP contribution is 2.12. The molecule has 7 heteroatoms. The minimum atomic E-state index is -3.05. The molecule has 2 atom stereocenters. The molecule has 6 nitrogen and oxygen atoms in total. The molecule has 0 unspecified atom stereocenters. The standard InChI is InChI=1S/C20H26N2O4Si/c1-27(2,25-19(23)17(21)13-15-9-5-3-6-10-15)26-20(24)18(22)14-16-11-7-4-8-12-16/h3-12,17-18H,13-14,21-22H2,1-2H3/t17-,18-/m1/s1. The lowest BCUT2D eigenvalue weighted by Crippen LogP contribution is -2.48. The van der Waals surface area contributed by atoms with Crippen LogP contribution in [0.4, 0.5) is 0 Å². The van der Waals surface area contributed by atoms with Gasteiger partial charge in [-0.25, -0.2) is 0 Å². The largest absolute Gasteiger partial charge is 0.484 e. The van der Waals surface area contributed by atoms with E-state index in [0.717, 1.165) is 11.1 Å². The van der Waals surface area contributed by atoms with E-state index in [1.807, 2.05) is 60.7 Å². The van der Waals surface area contributed by atoms with Gasteiger partial charge in [0.15, 0.2) is 0 Å². The van der Waals surface area contributed by atoms with Crippen LogP contribution in [0.3, 0.4) is 0 Å². The van der Waals surface area contributed by atoms with Crippen molar-refractivity contribution in [2.45, 2.75) is 38.0 Å². The van der Waals surface area contributed by atoms with Crippen LogP contribution >= 0.6 is 0 Å². The van der Waals surface area contributed by atoms with E-state index in [0.29, 0.717) is 12.8 Å². The van der Waals surface area contributed by atoms with Crippen LogP contribution in [0.1, 0.15) is 11.1 Å². The maximum atomic E-state index is 12.3. The van der Waals surface area contributed by atoms with Gasteiger partial charge in [0.2, 0.25) is 0 Å². The quantitative estimate of drug-likeness (QED) is 0.672. The predicted molar refractivity (Wildman–Crippen MR) is 106 cm³/mol. The third kappa shape index (κ3) is 6.97. The van der Waals surface area contributed by atoms with Crippen molar-refractivity contribution in [3.63, 3.8) is 0 Å². The first-order valence-electron chi connectivity index (χ1n) is 8.81. The smallest absolute Gasteiger partial charge is 0.457 e. The van der Waals surface area contributed by atoms with E-state index in [-0.39, 0.29) is 0 Å². The summed E-state index contributed by atoms with van der Waals surface area (Å²) in [5, 5.41) is 0. The van der Waals surface area contributed by atoms with Gasteiger partial charge >= 0.3 is 20.5 Å². The molecule has 2 aromatic rings. The fourth-order valence-corrected chi connectivity index (χ4v) is 3.87. The first kappa shape index (κ1) is 20.8. The molecule has 0 saturated heterocycles. The molecule has 0 aliphatic heterocycles. The fourth-order valence-electron chi connectivity index (χ4n) is 2.56. The van der Waals surface area contributed by atoms with Crippen LogP contribution in [0, 0.1) is 0 Å². The molecule has 0 spiro atoms. The second-order valence-corrected chi connectivity index (χ2v) is 10.0. The Morgan fingerprint density at radius 2 is 1.11 bits per heavy atom. The predicted octanol–water partition coefficient (Wildman–Crippen LogP) is 1.91. The summed E-state index contributed by atoms with van der Waals surface area (Å²) in [4.78, 5) is 24.5. The second-order valence-electron chi connectivity index (χ2n) is 6.83. The normalized spacial score (nSPS) is 13.5. The number of hydrogen-bond donors (Lipinski definition) is 2. The van der Waals surface area contributed by atoms with Gasteiger partial charge in [-0.3, -0.25) is 9.59 Å². The third-order valence-corrected chi connectivity index (χ3v) is 5.28. The Morgan fingerprint density at radius 3 is 1.44 bits per heavy atom. The lowest BCUT2D eigenvalue weighted by molar-refractivity contribution is -0.142. The summed E-state index contributed by atoms with van der Waals surface area (Å²) < 4.78 is 10.8. The first-order valence-corrected chi connectivity index (χ1v) is 11.6. The number of carbonyl (C=O) groups is 2. The molecule has 0 bridgehead atoms. The van der Waals surface area contributed by atoms with Crippen molar-refractivity contribution in [1.82, 2.24) is 0 Å². The molecule has 0 saturated carbocycles. The van der Waals surface area contributed by atoms with Crippen LogP contribution in [0.15, 0.2) is 60.7 Å². The Kier molecular flexibility index (Phi) is 7.29. The lowest BCUT2D eigenvalue weighted by Gasteiger charge is -2.25. The van der Waals surface area contributed by atoms with Crippen molar-refractivity contribution in [3.05, 3.63) is 71.8 Å². The van der Waals surface area contributed by atoms with Gasteiger partial charge in [0.1, 0.15) is 12.1 Å². The number of hydrogen-bond acceptors (Lipinski definition) is 6. The Morgan fingerprint density at radius 1 is 0.778 bits per heavy atom. The monoisotopic (exact) mass is 386 g/mol. The van der Waals surface area contributed by atoms with E-state index in [9.17, 15) is 9.59 Å². The van der Waals surface area contributed by atoms with Crippen molar-refractivity contribution < 1.29 is 18.4 Å². The molecule has 0 aromatic heterocycles. The summed E-state index contributed by atoms with van der Waals surface area (Å²) in [6.45, 7) is 3.24. The van der Waals surface area contributed by atoms with Crippen molar-refractivity contribution in [3.8, 4) is 0 Å². The Bertz CT molecular complexity index is 690. The van der Waals surface area contributed by atoms with Gasteiger partial charge in [-0.1, -0.05) is 60.7 Å². The van der Waals surface area contributed by atoms with Crippen LogP contribution in [0.25, 0.3) is 0 Å². The van der Waals surface area contributed by atoms with Crippen molar-refractivity contribution in [1.29, 1.82) is 0 Å².